The number of thiazole rings is 1. The van der Waals surface area contributed by atoms with Crippen LogP contribution in [0.5, 0.6) is 0 Å². The van der Waals surface area contributed by atoms with Crippen LogP contribution in [-0.4, -0.2) is 30.1 Å². The summed E-state index contributed by atoms with van der Waals surface area (Å²) >= 11 is 1.20. The van der Waals surface area contributed by atoms with E-state index in [4.69, 9.17) is 0 Å². The van der Waals surface area contributed by atoms with Crippen molar-refractivity contribution in [1.29, 1.82) is 0 Å². The molecule has 6 nitrogen and oxygen atoms in total. The topological polar surface area (TPSA) is 81.1 Å². The van der Waals surface area contributed by atoms with Crippen molar-refractivity contribution in [1.82, 2.24) is 9.55 Å². The molecule has 4 aromatic rings. The van der Waals surface area contributed by atoms with Gasteiger partial charge in [0.15, 0.2) is 15.0 Å². The average molecular weight is 403 g/mol. The third kappa shape index (κ3) is 3.56. The zero-order valence-corrected chi connectivity index (χ0v) is 15.8. The maximum Gasteiger partial charge on any atom is 0.246 e. The molecule has 0 saturated heterocycles. The monoisotopic (exact) mass is 403 g/mol. The second-order valence-corrected chi connectivity index (χ2v) is 9.16. The molecule has 0 aliphatic rings. The highest BCUT2D eigenvalue weighted by atomic mass is 32.2. The van der Waals surface area contributed by atoms with Gasteiger partial charge >= 0.3 is 0 Å². The van der Waals surface area contributed by atoms with E-state index in [1.165, 1.54) is 29.5 Å². The van der Waals surface area contributed by atoms with Gasteiger partial charge in [-0.1, -0.05) is 11.3 Å². The molecule has 2 heterocycles. The summed E-state index contributed by atoms with van der Waals surface area (Å²) in [6.07, 6.45) is 2.86. The minimum atomic E-state index is -3.31. The molecule has 0 atom stereocenters. The Hall–Kier alpha value is -2.78. The Labute approximate surface area is 158 Å². The highest BCUT2D eigenvalue weighted by Gasteiger charge is 2.13. The molecule has 1 amide bonds. The van der Waals surface area contributed by atoms with Crippen molar-refractivity contribution in [2.24, 2.45) is 0 Å². The van der Waals surface area contributed by atoms with Crippen molar-refractivity contribution >= 4 is 53.3 Å². The van der Waals surface area contributed by atoms with Gasteiger partial charge in [0.2, 0.25) is 5.91 Å². The number of halogens is 1. The molecule has 0 spiro atoms. The lowest BCUT2D eigenvalue weighted by atomic mass is 10.2. The van der Waals surface area contributed by atoms with E-state index < -0.39 is 9.84 Å². The minimum absolute atomic E-state index is 0.0114. The van der Waals surface area contributed by atoms with E-state index in [0.717, 1.165) is 11.6 Å². The summed E-state index contributed by atoms with van der Waals surface area (Å²) in [5, 5.41) is 3.93. The molecule has 0 saturated carbocycles. The van der Waals surface area contributed by atoms with Gasteiger partial charge in [-0.3, -0.25) is 4.79 Å². The van der Waals surface area contributed by atoms with E-state index in [1.807, 2.05) is 6.07 Å². The van der Waals surface area contributed by atoms with Crippen LogP contribution in [0.2, 0.25) is 0 Å². The lowest BCUT2D eigenvalue weighted by Gasteiger charge is -2.05. The van der Waals surface area contributed by atoms with E-state index in [1.54, 1.807) is 29.0 Å². The molecule has 138 valence electrons. The number of aromatic nitrogens is 2. The first-order chi connectivity index (χ1) is 12.8. The van der Waals surface area contributed by atoms with Gasteiger partial charge in [0.25, 0.3) is 0 Å². The number of carbonyl (C=O) groups is 1. The summed E-state index contributed by atoms with van der Waals surface area (Å²) < 4.78 is 39.1. The second kappa shape index (κ2) is 6.43. The molecule has 0 fully saturated rings. The van der Waals surface area contributed by atoms with Gasteiger partial charge in [0, 0.05) is 12.5 Å². The Morgan fingerprint density at radius 1 is 1.22 bits per heavy atom. The molecule has 0 bridgehead atoms. The van der Waals surface area contributed by atoms with Gasteiger partial charge in [-0.15, -0.1) is 0 Å². The van der Waals surface area contributed by atoms with Crippen molar-refractivity contribution in [3.63, 3.8) is 0 Å². The molecule has 0 unspecified atom stereocenters. The normalized spacial score (nSPS) is 11.9. The fourth-order valence-electron chi connectivity index (χ4n) is 2.80. The van der Waals surface area contributed by atoms with E-state index in [-0.39, 0.29) is 23.2 Å². The zero-order chi connectivity index (χ0) is 19.2. The molecule has 27 heavy (non-hydrogen) atoms. The molecular weight excluding hydrogens is 389 g/mol. The summed E-state index contributed by atoms with van der Waals surface area (Å²) in [5.74, 6) is -0.671. The fourth-order valence-corrected chi connectivity index (χ4v) is 4.44. The van der Waals surface area contributed by atoms with Crippen LogP contribution in [0, 0.1) is 5.82 Å². The Morgan fingerprint density at radius 2 is 2.04 bits per heavy atom. The maximum atomic E-state index is 13.4. The fraction of sp³-hybridized carbons (Fsp3) is 0.111. The number of sulfone groups is 1. The Bertz CT molecular complexity index is 1290. The first kappa shape index (κ1) is 17.6. The average Bonchev–Trinajstić information content (AvgIpc) is 3.16. The molecule has 0 radical (unpaired) electrons. The lowest BCUT2D eigenvalue weighted by Crippen LogP contribution is -2.18. The third-order valence-electron chi connectivity index (χ3n) is 4.08. The van der Waals surface area contributed by atoms with Gasteiger partial charge in [-0.05, 0) is 47.9 Å². The summed E-state index contributed by atoms with van der Waals surface area (Å²) in [6, 6.07) is 10.9. The third-order valence-corrected chi connectivity index (χ3v) is 6.13. The Kier molecular flexibility index (Phi) is 4.20. The van der Waals surface area contributed by atoms with Gasteiger partial charge in [-0.2, -0.15) is 0 Å². The molecule has 0 aliphatic carbocycles. The minimum Gasteiger partial charge on any atom is -0.338 e. The Balaban J connectivity index is 1.56. The number of carbonyl (C=O) groups excluding carboxylic acids is 1. The number of anilines is 1. The van der Waals surface area contributed by atoms with Crippen LogP contribution in [0.1, 0.15) is 0 Å². The number of nitrogens with zero attached hydrogens (tertiary/aromatic N) is 2. The number of fused-ring (bicyclic) bond motifs is 2. The van der Waals surface area contributed by atoms with Crippen LogP contribution in [0.4, 0.5) is 9.52 Å². The highest BCUT2D eigenvalue weighted by molar-refractivity contribution is 7.90. The summed E-state index contributed by atoms with van der Waals surface area (Å²) in [7, 11) is -3.31. The van der Waals surface area contributed by atoms with Gasteiger partial charge in [0.1, 0.15) is 12.4 Å². The van der Waals surface area contributed by atoms with Crippen LogP contribution >= 0.6 is 11.3 Å². The van der Waals surface area contributed by atoms with Crippen LogP contribution < -0.4 is 5.32 Å². The van der Waals surface area contributed by atoms with Crippen molar-refractivity contribution in [3.8, 4) is 0 Å². The van der Waals surface area contributed by atoms with Crippen LogP contribution in [0.15, 0.2) is 53.6 Å². The molecule has 0 aliphatic heterocycles. The van der Waals surface area contributed by atoms with Crippen molar-refractivity contribution in [3.05, 3.63) is 54.5 Å². The molecular formula is C18H14FN3O3S2. The van der Waals surface area contributed by atoms with Crippen LogP contribution in [0.25, 0.3) is 21.1 Å². The first-order valence-corrected chi connectivity index (χ1v) is 10.7. The SMILES string of the molecule is CS(=O)(=O)c1ccc2nc(NC(=O)Cn3ccc4ccc(F)cc43)sc2c1. The van der Waals surface area contributed by atoms with Gasteiger partial charge in [0.05, 0.1) is 20.6 Å². The van der Waals surface area contributed by atoms with Gasteiger partial charge < -0.3 is 9.88 Å². The molecule has 9 heteroatoms. The summed E-state index contributed by atoms with van der Waals surface area (Å²) in [5.41, 5.74) is 1.24. The maximum absolute atomic E-state index is 13.4. The number of amides is 1. The molecule has 2 aromatic heterocycles. The van der Waals surface area contributed by atoms with Crippen molar-refractivity contribution in [2.45, 2.75) is 11.4 Å². The highest BCUT2D eigenvalue weighted by Crippen LogP contribution is 2.28. The predicted octanol–water partition coefficient (Wildman–Crippen LogP) is 3.43. The largest absolute Gasteiger partial charge is 0.338 e. The van der Waals surface area contributed by atoms with E-state index in [0.29, 0.717) is 20.9 Å². The molecule has 1 N–H and O–H groups in total. The zero-order valence-electron chi connectivity index (χ0n) is 14.1. The number of rotatable bonds is 4. The van der Waals surface area contributed by atoms with Crippen LogP contribution in [-0.2, 0) is 21.2 Å². The van der Waals surface area contributed by atoms with E-state index in [9.17, 15) is 17.6 Å². The van der Waals surface area contributed by atoms with Crippen LogP contribution in [0.3, 0.4) is 0 Å². The van der Waals surface area contributed by atoms with Crippen molar-refractivity contribution < 1.29 is 17.6 Å². The smallest absolute Gasteiger partial charge is 0.246 e. The molecule has 2 aromatic carbocycles. The number of hydrogen-bond acceptors (Lipinski definition) is 5. The lowest BCUT2D eigenvalue weighted by molar-refractivity contribution is -0.116. The van der Waals surface area contributed by atoms with Crippen molar-refractivity contribution in [2.75, 3.05) is 11.6 Å². The summed E-state index contributed by atoms with van der Waals surface area (Å²) in [4.78, 5) is 16.9. The first-order valence-electron chi connectivity index (χ1n) is 7.94. The van der Waals surface area contributed by atoms with E-state index >= 15 is 0 Å². The summed E-state index contributed by atoms with van der Waals surface area (Å²) in [6.45, 7) is 0.0114. The predicted molar refractivity (Wildman–Crippen MR) is 103 cm³/mol. The number of benzene rings is 2. The van der Waals surface area contributed by atoms with E-state index in [2.05, 4.69) is 10.3 Å². The number of nitrogens with one attached hydrogen (secondary N) is 1. The molecule has 4 rings (SSSR count). The quantitative estimate of drug-likeness (QED) is 0.566. The number of hydrogen-bond donors (Lipinski definition) is 1. The second-order valence-electron chi connectivity index (χ2n) is 6.12. The Morgan fingerprint density at radius 3 is 2.81 bits per heavy atom. The standard InChI is InChI=1S/C18H14FN3O3S2/c1-27(24,25)13-4-5-14-16(9-13)26-18(20-14)21-17(23)10-22-7-6-11-2-3-12(19)8-15(11)22/h2-9H,10H2,1H3,(H,20,21,23). The van der Waals surface area contributed by atoms with Gasteiger partial charge in [-0.25, -0.2) is 17.8 Å².